The number of nitrogens with two attached hydrogens (primary N) is 1. The molecule has 100 valence electrons. The number of nitrogens with zero attached hydrogens (tertiary/aromatic N) is 2. The van der Waals surface area contributed by atoms with E-state index in [9.17, 15) is 0 Å². The van der Waals surface area contributed by atoms with Crippen molar-refractivity contribution in [3.8, 4) is 5.75 Å². The van der Waals surface area contributed by atoms with E-state index in [2.05, 4.69) is 9.88 Å². The molecular weight excluding hydrogens is 238 g/mol. The van der Waals surface area contributed by atoms with Crippen LogP contribution in [0.25, 0.3) is 0 Å². The van der Waals surface area contributed by atoms with Gasteiger partial charge in [-0.15, -0.1) is 0 Å². The number of rotatable bonds is 5. The van der Waals surface area contributed by atoms with Crippen molar-refractivity contribution in [3.05, 3.63) is 53.9 Å². The van der Waals surface area contributed by atoms with E-state index in [0.717, 1.165) is 29.2 Å². The van der Waals surface area contributed by atoms with Gasteiger partial charge < -0.3 is 15.4 Å². The van der Waals surface area contributed by atoms with Gasteiger partial charge in [-0.1, -0.05) is 6.07 Å². The Morgan fingerprint density at radius 2 is 1.89 bits per heavy atom. The number of hydrogen-bond acceptors (Lipinski definition) is 4. The predicted octanol–water partition coefficient (Wildman–Crippen LogP) is 2.19. The molecule has 0 aliphatic carbocycles. The summed E-state index contributed by atoms with van der Waals surface area (Å²) in [5.74, 6) is 0.863. The van der Waals surface area contributed by atoms with Crippen LogP contribution in [0.4, 0.5) is 5.69 Å². The summed E-state index contributed by atoms with van der Waals surface area (Å²) in [5.41, 5.74) is 8.76. The van der Waals surface area contributed by atoms with Crippen molar-refractivity contribution >= 4 is 5.69 Å². The zero-order valence-electron chi connectivity index (χ0n) is 11.3. The van der Waals surface area contributed by atoms with Crippen molar-refractivity contribution < 1.29 is 4.74 Å². The lowest BCUT2D eigenvalue weighted by atomic mass is 10.2. The van der Waals surface area contributed by atoms with Crippen LogP contribution in [0.1, 0.15) is 11.3 Å². The molecule has 0 radical (unpaired) electrons. The SMILES string of the molecule is COc1ccc(N(C)Cc2ccc(CN)cn2)cc1. The Balaban J connectivity index is 2.04. The maximum atomic E-state index is 5.56. The van der Waals surface area contributed by atoms with Crippen molar-refractivity contribution in [2.75, 3.05) is 19.1 Å². The van der Waals surface area contributed by atoms with E-state index < -0.39 is 0 Å². The first-order chi connectivity index (χ1) is 9.22. The Kier molecular flexibility index (Phi) is 4.36. The average Bonchev–Trinajstić information content (AvgIpc) is 2.48. The number of hydrogen-bond donors (Lipinski definition) is 1. The molecule has 0 fully saturated rings. The lowest BCUT2D eigenvalue weighted by Crippen LogP contribution is -2.17. The molecule has 0 aliphatic heterocycles. The van der Waals surface area contributed by atoms with Crippen molar-refractivity contribution in [1.29, 1.82) is 0 Å². The molecule has 0 saturated heterocycles. The first-order valence-corrected chi connectivity index (χ1v) is 6.22. The third-order valence-electron chi connectivity index (χ3n) is 3.03. The van der Waals surface area contributed by atoms with E-state index in [0.29, 0.717) is 6.54 Å². The molecule has 4 heteroatoms. The highest BCUT2D eigenvalue weighted by atomic mass is 16.5. The van der Waals surface area contributed by atoms with E-state index in [1.165, 1.54) is 0 Å². The molecule has 19 heavy (non-hydrogen) atoms. The maximum Gasteiger partial charge on any atom is 0.119 e. The maximum absolute atomic E-state index is 5.56. The molecule has 0 spiro atoms. The summed E-state index contributed by atoms with van der Waals surface area (Å²) in [4.78, 5) is 6.55. The van der Waals surface area contributed by atoms with E-state index in [1.54, 1.807) is 7.11 Å². The summed E-state index contributed by atoms with van der Waals surface area (Å²) in [6.07, 6.45) is 1.83. The standard InChI is InChI=1S/C15H19N3O/c1-18(14-5-7-15(19-2)8-6-14)11-13-4-3-12(9-16)10-17-13/h3-8,10H,9,11,16H2,1-2H3. The molecule has 0 unspecified atom stereocenters. The Labute approximate surface area is 113 Å². The minimum absolute atomic E-state index is 0.529. The van der Waals surface area contributed by atoms with Gasteiger partial charge in [-0.25, -0.2) is 0 Å². The van der Waals surface area contributed by atoms with Gasteiger partial charge in [-0.05, 0) is 35.9 Å². The highest BCUT2D eigenvalue weighted by Crippen LogP contribution is 2.19. The van der Waals surface area contributed by atoms with Crippen LogP contribution >= 0.6 is 0 Å². The van der Waals surface area contributed by atoms with Crippen molar-refractivity contribution in [2.24, 2.45) is 5.73 Å². The summed E-state index contributed by atoms with van der Waals surface area (Å²) < 4.78 is 5.15. The zero-order chi connectivity index (χ0) is 13.7. The Bertz CT molecular complexity index is 508. The average molecular weight is 257 g/mol. The van der Waals surface area contributed by atoms with E-state index >= 15 is 0 Å². The van der Waals surface area contributed by atoms with Crippen LogP contribution in [0.15, 0.2) is 42.6 Å². The summed E-state index contributed by atoms with van der Waals surface area (Å²) in [5, 5.41) is 0. The first kappa shape index (κ1) is 13.4. The lowest BCUT2D eigenvalue weighted by molar-refractivity contribution is 0.415. The van der Waals surface area contributed by atoms with Gasteiger partial charge in [-0.3, -0.25) is 4.98 Å². The predicted molar refractivity (Wildman–Crippen MR) is 77.2 cm³/mol. The molecule has 2 aromatic rings. The molecule has 0 aliphatic rings. The number of aromatic nitrogens is 1. The number of pyridine rings is 1. The lowest BCUT2D eigenvalue weighted by Gasteiger charge is -2.19. The number of anilines is 1. The third-order valence-corrected chi connectivity index (χ3v) is 3.03. The van der Waals surface area contributed by atoms with E-state index in [1.807, 2.05) is 49.6 Å². The zero-order valence-corrected chi connectivity index (χ0v) is 11.3. The molecule has 0 amide bonds. The van der Waals surface area contributed by atoms with Crippen molar-refractivity contribution in [2.45, 2.75) is 13.1 Å². The second kappa shape index (κ2) is 6.20. The quantitative estimate of drug-likeness (QED) is 0.892. The van der Waals surface area contributed by atoms with Crippen LogP contribution in [0.3, 0.4) is 0 Å². The van der Waals surface area contributed by atoms with Crippen LogP contribution in [-0.2, 0) is 13.1 Å². The highest BCUT2D eigenvalue weighted by Gasteiger charge is 2.03. The summed E-state index contributed by atoms with van der Waals surface area (Å²) in [7, 11) is 3.71. The normalized spacial score (nSPS) is 10.3. The molecule has 1 aromatic carbocycles. The van der Waals surface area contributed by atoms with Gasteiger partial charge in [0.15, 0.2) is 0 Å². The molecule has 0 atom stereocenters. The molecule has 2 N–H and O–H groups in total. The molecular formula is C15H19N3O. The fourth-order valence-electron chi connectivity index (χ4n) is 1.84. The van der Waals surface area contributed by atoms with Gasteiger partial charge in [0.05, 0.1) is 19.3 Å². The number of ether oxygens (including phenoxy) is 1. The minimum atomic E-state index is 0.529. The Hall–Kier alpha value is -2.07. The second-order valence-electron chi connectivity index (χ2n) is 4.42. The van der Waals surface area contributed by atoms with Gasteiger partial charge in [0.25, 0.3) is 0 Å². The summed E-state index contributed by atoms with van der Waals surface area (Å²) in [6.45, 7) is 1.29. The van der Waals surface area contributed by atoms with Crippen LogP contribution in [0, 0.1) is 0 Å². The Morgan fingerprint density at radius 3 is 2.42 bits per heavy atom. The monoisotopic (exact) mass is 257 g/mol. The van der Waals surface area contributed by atoms with E-state index in [-0.39, 0.29) is 0 Å². The van der Waals surface area contributed by atoms with Gasteiger partial charge in [0.2, 0.25) is 0 Å². The second-order valence-corrected chi connectivity index (χ2v) is 4.42. The molecule has 4 nitrogen and oxygen atoms in total. The van der Waals surface area contributed by atoms with E-state index in [4.69, 9.17) is 10.5 Å². The fraction of sp³-hybridized carbons (Fsp3) is 0.267. The van der Waals surface area contributed by atoms with Gasteiger partial charge >= 0.3 is 0 Å². The van der Waals surface area contributed by atoms with Gasteiger partial charge in [0, 0.05) is 25.5 Å². The van der Waals surface area contributed by atoms with Crippen LogP contribution in [0.5, 0.6) is 5.75 Å². The summed E-state index contributed by atoms with van der Waals surface area (Å²) in [6, 6.07) is 12.0. The molecule has 0 saturated carbocycles. The Morgan fingerprint density at radius 1 is 1.16 bits per heavy atom. The van der Waals surface area contributed by atoms with Gasteiger partial charge in [0.1, 0.15) is 5.75 Å². The fourth-order valence-corrected chi connectivity index (χ4v) is 1.84. The smallest absolute Gasteiger partial charge is 0.119 e. The van der Waals surface area contributed by atoms with Crippen molar-refractivity contribution in [3.63, 3.8) is 0 Å². The summed E-state index contributed by atoms with van der Waals surface area (Å²) >= 11 is 0. The third kappa shape index (κ3) is 3.45. The largest absolute Gasteiger partial charge is 0.497 e. The van der Waals surface area contributed by atoms with Crippen molar-refractivity contribution in [1.82, 2.24) is 4.98 Å². The highest BCUT2D eigenvalue weighted by molar-refractivity contribution is 5.48. The molecule has 0 bridgehead atoms. The molecule has 1 heterocycles. The molecule has 1 aromatic heterocycles. The van der Waals surface area contributed by atoms with Crippen LogP contribution in [0.2, 0.25) is 0 Å². The number of methoxy groups -OCH3 is 1. The van der Waals surface area contributed by atoms with Crippen LogP contribution < -0.4 is 15.4 Å². The minimum Gasteiger partial charge on any atom is -0.497 e. The molecule has 2 rings (SSSR count). The number of benzene rings is 1. The van der Waals surface area contributed by atoms with Crippen LogP contribution in [-0.4, -0.2) is 19.1 Å². The van der Waals surface area contributed by atoms with Gasteiger partial charge in [-0.2, -0.15) is 0 Å². The topological polar surface area (TPSA) is 51.4 Å². The first-order valence-electron chi connectivity index (χ1n) is 6.22.